The number of ether oxygens (including phenoxy) is 1. The number of benzene rings is 2. The molecule has 2 aliphatic rings. The van der Waals surface area contributed by atoms with Crippen LogP contribution in [0.15, 0.2) is 52.5 Å². The normalized spacial score (nSPS) is 17.6. The number of thioether (sulfide) groups is 1. The van der Waals surface area contributed by atoms with Gasteiger partial charge < -0.3 is 25.4 Å². The Labute approximate surface area is 239 Å². The van der Waals surface area contributed by atoms with E-state index in [2.05, 4.69) is 20.6 Å². The molecule has 0 atom stereocenters. The average Bonchev–Trinajstić information content (AvgIpc) is 3.28. The van der Waals surface area contributed by atoms with Crippen LogP contribution in [-0.4, -0.2) is 59.3 Å². The number of rotatable bonds is 6. The predicted octanol–water partition coefficient (Wildman–Crippen LogP) is 4.91. The van der Waals surface area contributed by atoms with Gasteiger partial charge in [-0.2, -0.15) is 0 Å². The van der Waals surface area contributed by atoms with Crippen LogP contribution in [0.3, 0.4) is 0 Å². The highest BCUT2D eigenvalue weighted by Gasteiger charge is 2.25. The maximum absolute atomic E-state index is 12.8. The standard InChI is InChI=1S/C28H26ClN5O5S/c1-15(2)25(35)31-17-4-5-20(29)22(13-17)32-28-33-26(36)23(40-28)12-16-3-6-21-18(11-16)24(19(14-30-21)27(37)38)34-7-9-39-10-8-34/h3-6,11-15H,7-10H2,1-2H3,(H,31,35)(H,37,38)(H,32,33,36). The highest BCUT2D eigenvalue weighted by Crippen LogP contribution is 2.35. The van der Waals surface area contributed by atoms with Crippen LogP contribution in [0, 0.1) is 5.92 Å². The zero-order valence-corrected chi connectivity index (χ0v) is 23.3. The molecule has 3 N–H and O–H groups in total. The fraction of sp³-hybridized carbons (Fsp3) is 0.250. The Morgan fingerprint density at radius 1 is 1.23 bits per heavy atom. The van der Waals surface area contributed by atoms with Gasteiger partial charge in [0.15, 0.2) is 5.17 Å². The molecule has 2 saturated heterocycles. The van der Waals surface area contributed by atoms with Gasteiger partial charge in [-0.25, -0.2) is 9.79 Å². The lowest BCUT2D eigenvalue weighted by molar-refractivity contribution is -0.119. The van der Waals surface area contributed by atoms with E-state index in [0.717, 1.165) is 11.8 Å². The fourth-order valence-electron chi connectivity index (χ4n) is 4.27. The maximum atomic E-state index is 12.8. The van der Waals surface area contributed by atoms with Crippen molar-refractivity contribution in [2.24, 2.45) is 10.9 Å². The van der Waals surface area contributed by atoms with Crippen molar-refractivity contribution >= 4 is 80.4 Å². The maximum Gasteiger partial charge on any atom is 0.339 e. The van der Waals surface area contributed by atoms with Crippen LogP contribution >= 0.6 is 23.4 Å². The van der Waals surface area contributed by atoms with Gasteiger partial charge in [0.25, 0.3) is 5.91 Å². The molecule has 2 aromatic carbocycles. The first-order valence-corrected chi connectivity index (χ1v) is 13.8. The number of morpholine rings is 1. The van der Waals surface area contributed by atoms with E-state index in [4.69, 9.17) is 16.3 Å². The van der Waals surface area contributed by atoms with Gasteiger partial charge in [-0.05, 0) is 53.7 Å². The second kappa shape index (κ2) is 11.7. The molecule has 0 unspecified atom stereocenters. The number of aliphatic imine (C=N–C) groups is 1. The van der Waals surface area contributed by atoms with Gasteiger partial charge in [-0.15, -0.1) is 0 Å². The third-order valence-electron chi connectivity index (χ3n) is 6.33. The molecule has 0 spiro atoms. The van der Waals surface area contributed by atoms with E-state index in [1.54, 1.807) is 44.2 Å². The molecule has 3 heterocycles. The molecule has 2 fully saturated rings. The quantitative estimate of drug-likeness (QED) is 0.351. The van der Waals surface area contributed by atoms with Crippen LogP contribution < -0.4 is 15.5 Å². The number of halogens is 1. The first-order valence-electron chi connectivity index (χ1n) is 12.6. The van der Waals surface area contributed by atoms with Crippen LogP contribution in [0.25, 0.3) is 17.0 Å². The number of hydrogen-bond acceptors (Lipinski definition) is 8. The van der Waals surface area contributed by atoms with Gasteiger partial charge in [-0.3, -0.25) is 14.6 Å². The Bertz CT molecular complexity index is 1580. The number of fused-ring (bicyclic) bond motifs is 1. The zero-order chi connectivity index (χ0) is 28.4. The molecule has 2 amide bonds. The molecule has 0 aliphatic carbocycles. The van der Waals surface area contributed by atoms with Crippen molar-refractivity contribution in [3.05, 3.63) is 63.6 Å². The molecule has 206 valence electrons. The second-order valence-electron chi connectivity index (χ2n) is 9.49. The number of amidine groups is 1. The number of pyridine rings is 1. The monoisotopic (exact) mass is 579 g/mol. The SMILES string of the molecule is CC(C)C(=O)Nc1ccc(Cl)c(N=C2NC(=O)C(=Cc3ccc4ncc(C(=O)O)c(N5CCOCC5)c4c3)S2)c1. The Kier molecular flexibility index (Phi) is 8.06. The molecule has 2 aliphatic heterocycles. The van der Waals surface area contributed by atoms with Crippen LogP contribution in [-0.2, 0) is 14.3 Å². The second-order valence-corrected chi connectivity index (χ2v) is 10.9. The summed E-state index contributed by atoms with van der Waals surface area (Å²) in [4.78, 5) is 48.1. The molecule has 40 heavy (non-hydrogen) atoms. The van der Waals surface area contributed by atoms with Crippen molar-refractivity contribution in [1.82, 2.24) is 10.3 Å². The highest BCUT2D eigenvalue weighted by atomic mass is 35.5. The number of aromatic carboxylic acids is 1. The number of carboxylic acids is 1. The van der Waals surface area contributed by atoms with E-state index in [9.17, 15) is 19.5 Å². The summed E-state index contributed by atoms with van der Waals surface area (Å²) in [5.74, 6) is -1.70. The fourth-order valence-corrected chi connectivity index (χ4v) is 5.27. The van der Waals surface area contributed by atoms with E-state index in [-0.39, 0.29) is 23.3 Å². The van der Waals surface area contributed by atoms with Crippen LogP contribution in [0.2, 0.25) is 5.02 Å². The van der Waals surface area contributed by atoms with Gasteiger partial charge in [0.1, 0.15) is 5.56 Å². The van der Waals surface area contributed by atoms with Crippen molar-refractivity contribution in [1.29, 1.82) is 0 Å². The molecule has 12 heteroatoms. The summed E-state index contributed by atoms with van der Waals surface area (Å²) < 4.78 is 5.45. The van der Waals surface area contributed by atoms with Crippen LogP contribution in [0.5, 0.6) is 0 Å². The summed E-state index contributed by atoms with van der Waals surface area (Å²) in [5.41, 5.74) is 3.02. The van der Waals surface area contributed by atoms with Gasteiger partial charge in [0.2, 0.25) is 5.91 Å². The Balaban J connectivity index is 1.45. The zero-order valence-electron chi connectivity index (χ0n) is 21.7. The largest absolute Gasteiger partial charge is 0.478 e. The first kappa shape index (κ1) is 27.6. The number of anilines is 2. The lowest BCUT2D eigenvalue weighted by atomic mass is 10.0. The minimum atomic E-state index is -1.06. The lowest BCUT2D eigenvalue weighted by Crippen LogP contribution is -2.37. The highest BCUT2D eigenvalue weighted by molar-refractivity contribution is 8.18. The first-order chi connectivity index (χ1) is 19.2. The van der Waals surface area contributed by atoms with Gasteiger partial charge in [0, 0.05) is 36.3 Å². The van der Waals surface area contributed by atoms with E-state index in [0.29, 0.717) is 74.9 Å². The molecule has 0 radical (unpaired) electrons. The van der Waals surface area contributed by atoms with E-state index >= 15 is 0 Å². The average molecular weight is 580 g/mol. The molecular formula is C28H26ClN5O5S. The number of carbonyl (C=O) groups is 3. The number of nitrogens with zero attached hydrogens (tertiary/aromatic N) is 3. The van der Waals surface area contributed by atoms with Crippen LogP contribution in [0.4, 0.5) is 17.1 Å². The number of aromatic nitrogens is 1. The van der Waals surface area contributed by atoms with Crippen molar-refractivity contribution in [3.63, 3.8) is 0 Å². The molecule has 0 saturated carbocycles. The van der Waals surface area contributed by atoms with E-state index in [1.165, 1.54) is 6.20 Å². The third-order valence-corrected chi connectivity index (χ3v) is 7.56. The summed E-state index contributed by atoms with van der Waals surface area (Å²) >= 11 is 7.49. The van der Waals surface area contributed by atoms with Crippen molar-refractivity contribution in [2.75, 3.05) is 36.5 Å². The number of carboxylic acid groups (broad SMARTS) is 1. The molecule has 5 rings (SSSR count). The number of carbonyl (C=O) groups excluding carboxylic acids is 2. The predicted molar refractivity (Wildman–Crippen MR) is 157 cm³/mol. The Hall–Kier alpha value is -3.93. The van der Waals surface area contributed by atoms with E-state index in [1.807, 2.05) is 17.0 Å². The summed E-state index contributed by atoms with van der Waals surface area (Å²) in [7, 11) is 0. The Morgan fingerprint density at radius 3 is 2.73 bits per heavy atom. The van der Waals surface area contributed by atoms with Gasteiger partial charge in [0.05, 0.1) is 40.0 Å². The summed E-state index contributed by atoms with van der Waals surface area (Å²) in [6.07, 6.45) is 3.10. The minimum Gasteiger partial charge on any atom is -0.478 e. The number of nitrogens with one attached hydrogen (secondary N) is 2. The minimum absolute atomic E-state index is 0.116. The van der Waals surface area contributed by atoms with Crippen molar-refractivity contribution < 1.29 is 24.2 Å². The van der Waals surface area contributed by atoms with Gasteiger partial charge in [-0.1, -0.05) is 31.5 Å². The lowest BCUT2D eigenvalue weighted by Gasteiger charge is -2.30. The third kappa shape index (κ3) is 5.96. The summed E-state index contributed by atoms with van der Waals surface area (Å²) in [5, 5.41) is 16.8. The van der Waals surface area contributed by atoms with Gasteiger partial charge >= 0.3 is 5.97 Å². The summed E-state index contributed by atoms with van der Waals surface area (Å²) in [6, 6.07) is 10.4. The molecule has 1 aromatic heterocycles. The van der Waals surface area contributed by atoms with E-state index < -0.39 is 5.97 Å². The molecule has 0 bridgehead atoms. The van der Waals surface area contributed by atoms with Crippen molar-refractivity contribution in [3.8, 4) is 0 Å². The topological polar surface area (TPSA) is 133 Å². The van der Waals surface area contributed by atoms with Crippen LogP contribution in [0.1, 0.15) is 29.8 Å². The molecular weight excluding hydrogens is 554 g/mol. The summed E-state index contributed by atoms with van der Waals surface area (Å²) in [6.45, 7) is 5.73. The smallest absolute Gasteiger partial charge is 0.339 e. The van der Waals surface area contributed by atoms with Crippen molar-refractivity contribution in [2.45, 2.75) is 13.8 Å². The molecule has 3 aromatic rings. The Morgan fingerprint density at radius 2 is 2.00 bits per heavy atom. The molecule has 10 nitrogen and oxygen atoms in total. The number of amides is 2. The number of hydrogen-bond donors (Lipinski definition) is 3.